The smallest absolute Gasteiger partial charge is 0.410 e. The van der Waals surface area contributed by atoms with Crippen molar-refractivity contribution >= 4 is 20.5 Å². The van der Waals surface area contributed by atoms with E-state index in [-0.39, 0.29) is 23.8 Å². The Kier molecular flexibility index (Phi) is 7.68. The Labute approximate surface area is 187 Å². The maximum absolute atomic E-state index is 12.5. The molecule has 0 saturated carbocycles. The Morgan fingerprint density at radius 2 is 1.48 bits per heavy atom. The van der Waals surface area contributed by atoms with Crippen LogP contribution in [-0.2, 0) is 16.1 Å². The van der Waals surface area contributed by atoms with E-state index in [4.69, 9.17) is 13.9 Å². The SMILES string of the molecule is CC(C)(C)OC(=O)N1CCN(C(=O)OCc2cccc(O[Si](C)(C)C(C)(C)C)c2)CC1. The highest BCUT2D eigenvalue weighted by Gasteiger charge is 2.39. The Balaban J connectivity index is 1.85. The average Bonchev–Trinajstić information content (AvgIpc) is 2.64. The highest BCUT2D eigenvalue weighted by molar-refractivity contribution is 6.74. The van der Waals surface area contributed by atoms with Gasteiger partial charge in [-0.2, -0.15) is 0 Å². The third-order valence-electron chi connectivity index (χ3n) is 5.63. The van der Waals surface area contributed by atoms with Gasteiger partial charge in [0.1, 0.15) is 18.0 Å². The molecule has 0 unspecified atom stereocenters. The van der Waals surface area contributed by atoms with Crippen LogP contribution in [0.2, 0.25) is 18.1 Å². The second-order valence-electron chi connectivity index (χ2n) is 10.5. The Morgan fingerprint density at radius 1 is 0.935 bits per heavy atom. The zero-order valence-electron chi connectivity index (χ0n) is 20.3. The van der Waals surface area contributed by atoms with Crippen molar-refractivity contribution in [1.82, 2.24) is 9.80 Å². The molecule has 0 aliphatic carbocycles. The van der Waals surface area contributed by atoms with Gasteiger partial charge in [0.15, 0.2) is 0 Å². The molecule has 2 rings (SSSR count). The van der Waals surface area contributed by atoms with Gasteiger partial charge in [-0.25, -0.2) is 9.59 Å². The highest BCUT2D eigenvalue weighted by Crippen LogP contribution is 2.37. The summed E-state index contributed by atoms with van der Waals surface area (Å²) in [6.07, 6.45) is -0.723. The highest BCUT2D eigenvalue weighted by atomic mass is 28.4. The molecule has 1 aromatic carbocycles. The van der Waals surface area contributed by atoms with Crippen molar-refractivity contribution in [1.29, 1.82) is 0 Å². The summed E-state index contributed by atoms with van der Waals surface area (Å²) in [5, 5.41) is 0.108. The van der Waals surface area contributed by atoms with Crippen LogP contribution in [0.1, 0.15) is 47.1 Å². The third-order valence-corrected chi connectivity index (χ3v) is 9.99. The van der Waals surface area contributed by atoms with E-state index in [1.165, 1.54) is 0 Å². The van der Waals surface area contributed by atoms with Gasteiger partial charge in [-0.3, -0.25) is 0 Å². The van der Waals surface area contributed by atoms with Crippen LogP contribution in [0, 0.1) is 0 Å². The zero-order valence-corrected chi connectivity index (χ0v) is 21.3. The zero-order chi connectivity index (χ0) is 23.4. The van der Waals surface area contributed by atoms with Crippen LogP contribution in [0.4, 0.5) is 9.59 Å². The van der Waals surface area contributed by atoms with E-state index < -0.39 is 13.9 Å². The van der Waals surface area contributed by atoms with Crippen LogP contribution in [-0.4, -0.2) is 62.1 Å². The number of carbonyl (C=O) groups is 2. The van der Waals surface area contributed by atoms with Crippen molar-refractivity contribution in [3.8, 4) is 5.75 Å². The number of hydrogen-bond donors (Lipinski definition) is 0. The van der Waals surface area contributed by atoms with Gasteiger partial charge in [0, 0.05) is 26.2 Å². The van der Waals surface area contributed by atoms with Gasteiger partial charge in [0.2, 0.25) is 8.32 Å². The van der Waals surface area contributed by atoms with E-state index in [0.29, 0.717) is 26.2 Å². The molecule has 1 fully saturated rings. The van der Waals surface area contributed by atoms with E-state index in [0.717, 1.165) is 11.3 Å². The van der Waals surface area contributed by atoms with E-state index >= 15 is 0 Å². The first-order chi connectivity index (χ1) is 14.2. The minimum atomic E-state index is -1.93. The topological polar surface area (TPSA) is 68.3 Å². The van der Waals surface area contributed by atoms with E-state index in [2.05, 4.69) is 33.9 Å². The summed E-state index contributed by atoms with van der Waals surface area (Å²) in [5.41, 5.74) is 0.354. The molecule has 174 valence electrons. The van der Waals surface area contributed by atoms with Crippen molar-refractivity contribution in [3.05, 3.63) is 29.8 Å². The van der Waals surface area contributed by atoms with Crippen molar-refractivity contribution in [2.75, 3.05) is 26.2 Å². The number of ether oxygens (including phenoxy) is 2. The molecular weight excluding hydrogens is 412 g/mol. The van der Waals surface area contributed by atoms with Crippen LogP contribution >= 0.6 is 0 Å². The molecule has 0 N–H and O–H groups in total. The molecule has 1 heterocycles. The molecule has 8 heteroatoms. The minimum absolute atomic E-state index is 0.108. The summed E-state index contributed by atoms with van der Waals surface area (Å²) in [6.45, 7) is 18.4. The molecule has 0 spiro atoms. The molecule has 0 aromatic heterocycles. The van der Waals surface area contributed by atoms with Crippen molar-refractivity contribution in [2.45, 2.75) is 71.9 Å². The lowest BCUT2D eigenvalue weighted by molar-refractivity contribution is 0.0125. The fraction of sp³-hybridized carbons (Fsp3) is 0.652. The normalized spacial score (nSPS) is 15.5. The second-order valence-corrected chi connectivity index (χ2v) is 15.2. The largest absolute Gasteiger partial charge is 0.543 e. The predicted octanol–water partition coefficient (Wildman–Crippen LogP) is 5.26. The summed E-state index contributed by atoms with van der Waals surface area (Å²) in [6, 6.07) is 7.73. The molecule has 31 heavy (non-hydrogen) atoms. The molecule has 7 nitrogen and oxygen atoms in total. The van der Waals surface area contributed by atoms with Gasteiger partial charge >= 0.3 is 12.2 Å². The molecular formula is C23H38N2O5Si. The van der Waals surface area contributed by atoms with Crippen molar-refractivity contribution in [3.63, 3.8) is 0 Å². The molecule has 1 saturated heterocycles. The summed E-state index contributed by atoms with van der Waals surface area (Å²) in [5.74, 6) is 0.811. The first kappa shape index (κ1) is 25.0. The number of nitrogens with zero attached hydrogens (tertiary/aromatic N) is 2. The lowest BCUT2D eigenvalue weighted by Gasteiger charge is -2.36. The minimum Gasteiger partial charge on any atom is -0.543 e. The molecule has 0 atom stereocenters. The van der Waals surface area contributed by atoms with Crippen LogP contribution < -0.4 is 4.43 Å². The standard InChI is InChI=1S/C23H38N2O5Si/c1-22(2,3)29-21(27)25-14-12-24(13-15-25)20(26)28-17-18-10-9-11-19(16-18)30-31(7,8)23(4,5)6/h9-11,16H,12-15,17H2,1-8H3. The first-order valence-corrected chi connectivity index (χ1v) is 13.8. The van der Waals surface area contributed by atoms with E-state index in [1.807, 2.05) is 45.0 Å². The number of piperazine rings is 1. The van der Waals surface area contributed by atoms with E-state index in [1.54, 1.807) is 9.80 Å². The van der Waals surface area contributed by atoms with Gasteiger partial charge in [0.05, 0.1) is 0 Å². The van der Waals surface area contributed by atoms with Gasteiger partial charge in [0.25, 0.3) is 0 Å². The number of amides is 2. The van der Waals surface area contributed by atoms with Crippen LogP contribution in [0.5, 0.6) is 5.75 Å². The summed E-state index contributed by atoms with van der Waals surface area (Å²) < 4.78 is 17.2. The first-order valence-electron chi connectivity index (χ1n) is 10.9. The summed E-state index contributed by atoms with van der Waals surface area (Å²) in [4.78, 5) is 27.9. The fourth-order valence-electron chi connectivity index (χ4n) is 2.78. The van der Waals surface area contributed by atoms with Gasteiger partial charge < -0.3 is 23.7 Å². The molecule has 0 radical (unpaired) electrons. The molecule has 2 amide bonds. The van der Waals surface area contributed by atoms with Crippen LogP contribution in [0.15, 0.2) is 24.3 Å². The summed E-state index contributed by atoms with van der Waals surface area (Å²) in [7, 11) is -1.93. The Bertz CT molecular complexity index is 775. The van der Waals surface area contributed by atoms with E-state index in [9.17, 15) is 9.59 Å². The van der Waals surface area contributed by atoms with Gasteiger partial charge in [-0.05, 0) is 56.6 Å². The number of rotatable bonds is 4. The van der Waals surface area contributed by atoms with Gasteiger partial charge in [-0.15, -0.1) is 0 Å². The monoisotopic (exact) mass is 450 g/mol. The Morgan fingerprint density at radius 3 is 2.00 bits per heavy atom. The number of carbonyl (C=O) groups excluding carboxylic acids is 2. The summed E-state index contributed by atoms with van der Waals surface area (Å²) >= 11 is 0. The van der Waals surface area contributed by atoms with Crippen molar-refractivity contribution < 1.29 is 23.5 Å². The van der Waals surface area contributed by atoms with Crippen LogP contribution in [0.25, 0.3) is 0 Å². The predicted molar refractivity (Wildman–Crippen MR) is 124 cm³/mol. The lowest BCUT2D eigenvalue weighted by atomic mass is 10.2. The molecule has 1 aliphatic heterocycles. The Hall–Kier alpha value is -2.22. The van der Waals surface area contributed by atoms with Gasteiger partial charge in [-0.1, -0.05) is 32.9 Å². The fourth-order valence-corrected chi connectivity index (χ4v) is 3.80. The van der Waals surface area contributed by atoms with Crippen LogP contribution in [0.3, 0.4) is 0 Å². The average molecular weight is 451 g/mol. The third kappa shape index (κ3) is 7.45. The lowest BCUT2D eigenvalue weighted by Crippen LogP contribution is -2.51. The maximum Gasteiger partial charge on any atom is 0.410 e. The molecule has 1 aliphatic rings. The van der Waals surface area contributed by atoms with Crippen molar-refractivity contribution in [2.24, 2.45) is 0 Å². The second kappa shape index (κ2) is 9.50. The molecule has 1 aromatic rings. The molecule has 0 bridgehead atoms. The quantitative estimate of drug-likeness (QED) is 0.585. The number of benzene rings is 1. The number of hydrogen-bond acceptors (Lipinski definition) is 5. The maximum atomic E-state index is 12.5.